The standard InChI is InChI=1S/C53H98N2O8/c1-6-11-14-17-20-21-22-23-24-25-26-27-28-31-35-40-50(56)60-45-48(47-62-53(59)54-43-44-55(9-4)10-5)46-61-51(57)41-36-32-37-42-52(58)63-49(38-33-29-18-15-12-7-2)39-34-30-19-16-13-8-3/h20-21,23-24,48-49H,6-19,22,25-47H2,1-5H3,(H,54,59)/b21-20-,24-23-. The minimum Gasteiger partial charge on any atom is -0.465 e. The lowest BCUT2D eigenvalue weighted by atomic mass is 10.0. The lowest BCUT2D eigenvalue weighted by Crippen LogP contribution is -2.36. The number of unbranched alkanes of at least 4 members (excludes halogenated alkanes) is 20. The highest BCUT2D eigenvalue weighted by molar-refractivity contribution is 5.70. The van der Waals surface area contributed by atoms with Crippen LogP contribution in [0.4, 0.5) is 4.79 Å². The largest absolute Gasteiger partial charge is 0.465 e. The molecule has 0 heterocycles. The quantitative estimate of drug-likeness (QED) is 0.0276. The second kappa shape index (κ2) is 47.1. The fraction of sp³-hybridized carbons (Fsp3) is 0.849. The molecule has 1 atom stereocenters. The minimum atomic E-state index is -0.551. The number of carbonyl (C=O) groups excluding carboxylic acids is 4. The molecule has 0 aromatic heterocycles. The average Bonchev–Trinajstić information content (AvgIpc) is 3.28. The van der Waals surface area contributed by atoms with Crippen LogP contribution in [0.3, 0.4) is 0 Å². The average molecular weight is 891 g/mol. The summed E-state index contributed by atoms with van der Waals surface area (Å²) < 4.78 is 22.6. The van der Waals surface area contributed by atoms with Gasteiger partial charge in [-0.1, -0.05) is 162 Å². The maximum absolute atomic E-state index is 12.8. The van der Waals surface area contributed by atoms with E-state index in [1.54, 1.807) is 0 Å². The molecule has 0 radical (unpaired) electrons. The number of ether oxygens (including phenoxy) is 4. The predicted molar refractivity (Wildman–Crippen MR) is 261 cm³/mol. The number of allylic oxidation sites excluding steroid dienone is 4. The Labute approximate surface area is 387 Å². The van der Waals surface area contributed by atoms with E-state index in [0.29, 0.717) is 32.2 Å². The number of nitrogens with one attached hydrogen (secondary N) is 1. The first-order valence-corrected chi connectivity index (χ1v) is 26.2. The molecule has 0 saturated heterocycles. The van der Waals surface area contributed by atoms with Crippen LogP contribution in [0.5, 0.6) is 0 Å². The number of hydrogen-bond acceptors (Lipinski definition) is 9. The smallest absolute Gasteiger partial charge is 0.407 e. The summed E-state index contributed by atoms with van der Waals surface area (Å²) in [5.41, 5.74) is 0. The Morgan fingerprint density at radius 2 is 0.889 bits per heavy atom. The van der Waals surface area contributed by atoms with Gasteiger partial charge in [-0.25, -0.2) is 4.79 Å². The van der Waals surface area contributed by atoms with Gasteiger partial charge in [0, 0.05) is 32.4 Å². The van der Waals surface area contributed by atoms with Crippen molar-refractivity contribution in [2.24, 2.45) is 5.92 Å². The molecule has 10 heteroatoms. The SMILES string of the molecule is CCCCC/C=C\C/C=C\CCCCCCCC(=O)OCC(COC(=O)CCCCCC(=O)OC(CCCCCCCC)CCCCCCCC)COC(=O)NCCN(CC)CC. The summed E-state index contributed by atoms with van der Waals surface area (Å²) in [6.45, 7) is 13.8. The third kappa shape index (κ3) is 42.8. The summed E-state index contributed by atoms with van der Waals surface area (Å²) >= 11 is 0. The van der Waals surface area contributed by atoms with Gasteiger partial charge >= 0.3 is 24.0 Å². The van der Waals surface area contributed by atoms with Crippen LogP contribution < -0.4 is 5.32 Å². The van der Waals surface area contributed by atoms with Gasteiger partial charge in [-0.2, -0.15) is 0 Å². The molecule has 0 aromatic rings. The summed E-state index contributed by atoms with van der Waals surface area (Å²) in [6, 6.07) is 0. The molecule has 63 heavy (non-hydrogen) atoms. The first-order chi connectivity index (χ1) is 30.8. The molecule has 0 saturated carbocycles. The Balaban J connectivity index is 4.66. The van der Waals surface area contributed by atoms with Gasteiger partial charge in [0.15, 0.2) is 0 Å². The maximum Gasteiger partial charge on any atom is 0.407 e. The maximum atomic E-state index is 12.8. The Morgan fingerprint density at radius 3 is 1.41 bits per heavy atom. The van der Waals surface area contributed by atoms with Crippen molar-refractivity contribution < 1.29 is 38.1 Å². The molecule has 0 aliphatic carbocycles. The first-order valence-electron chi connectivity index (χ1n) is 26.2. The zero-order valence-electron chi connectivity index (χ0n) is 41.5. The van der Waals surface area contributed by atoms with Crippen LogP contribution in [-0.2, 0) is 33.3 Å². The van der Waals surface area contributed by atoms with Crippen LogP contribution in [0.15, 0.2) is 24.3 Å². The number of alkyl carbamates (subject to hydrolysis) is 1. The Bertz CT molecular complexity index is 1110. The monoisotopic (exact) mass is 891 g/mol. The van der Waals surface area contributed by atoms with Gasteiger partial charge in [-0.15, -0.1) is 0 Å². The van der Waals surface area contributed by atoms with Gasteiger partial charge in [0.25, 0.3) is 0 Å². The highest BCUT2D eigenvalue weighted by Crippen LogP contribution is 2.18. The lowest BCUT2D eigenvalue weighted by molar-refractivity contribution is -0.151. The van der Waals surface area contributed by atoms with Crippen molar-refractivity contribution in [1.82, 2.24) is 10.2 Å². The zero-order chi connectivity index (χ0) is 46.3. The van der Waals surface area contributed by atoms with Crippen LogP contribution in [0.25, 0.3) is 0 Å². The highest BCUT2D eigenvalue weighted by atomic mass is 16.6. The topological polar surface area (TPSA) is 120 Å². The number of esters is 3. The van der Waals surface area contributed by atoms with Crippen molar-refractivity contribution in [1.29, 1.82) is 0 Å². The van der Waals surface area contributed by atoms with E-state index < -0.39 is 12.0 Å². The van der Waals surface area contributed by atoms with Crippen LogP contribution in [0.1, 0.15) is 234 Å². The second-order valence-electron chi connectivity index (χ2n) is 17.6. The van der Waals surface area contributed by atoms with E-state index in [1.807, 2.05) is 0 Å². The summed E-state index contributed by atoms with van der Waals surface area (Å²) in [7, 11) is 0. The van der Waals surface area contributed by atoms with Crippen molar-refractivity contribution in [2.75, 3.05) is 46.0 Å². The number of likely N-dealkylation sites (N-methyl/N-ethyl adjacent to an activating group) is 1. The number of carbonyl (C=O) groups is 4. The van der Waals surface area contributed by atoms with Crippen LogP contribution in [0, 0.1) is 5.92 Å². The molecule has 0 fully saturated rings. The van der Waals surface area contributed by atoms with Gasteiger partial charge in [0.1, 0.15) is 25.9 Å². The minimum absolute atomic E-state index is 0.0000756. The molecule has 10 nitrogen and oxygen atoms in total. The molecular formula is C53H98N2O8. The highest BCUT2D eigenvalue weighted by Gasteiger charge is 2.19. The lowest BCUT2D eigenvalue weighted by Gasteiger charge is -2.19. The van der Waals surface area contributed by atoms with Gasteiger partial charge in [0.05, 0.1) is 5.92 Å². The summed E-state index contributed by atoms with van der Waals surface area (Å²) in [4.78, 5) is 52.8. The molecule has 1 amide bonds. The summed E-state index contributed by atoms with van der Waals surface area (Å²) in [6.07, 6.45) is 40.3. The Kier molecular flexibility index (Phi) is 44.9. The number of hydrogen-bond donors (Lipinski definition) is 1. The Morgan fingerprint density at radius 1 is 0.476 bits per heavy atom. The summed E-state index contributed by atoms with van der Waals surface area (Å²) in [5.74, 6) is -1.27. The van der Waals surface area contributed by atoms with E-state index in [2.05, 4.69) is 69.1 Å². The molecule has 0 bridgehead atoms. The molecule has 1 N–H and O–H groups in total. The molecule has 0 aromatic carbocycles. The number of rotatable bonds is 46. The van der Waals surface area contributed by atoms with Crippen LogP contribution in [0.2, 0.25) is 0 Å². The van der Waals surface area contributed by atoms with E-state index >= 15 is 0 Å². The molecule has 0 aliphatic rings. The van der Waals surface area contributed by atoms with Crippen molar-refractivity contribution in [3.05, 3.63) is 24.3 Å². The predicted octanol–water partition coefficient (Wildman–Crippen LogP) is 13.9. The third-order valence-corrected chi connectivity index (χ3v) is 11.7. The molecule has 0 aliphatic heterocycles. The van der Waals surface area contributed by atoms with E-state index in [-0.39, 0.29) is 50.3 Å². The van der Waals surface area contributed by atoms with Crippen molar-refractivity contribution >= 4 is 24.0 Å². The van der Waals surface area contributed by atoms with Crippen LogP contribution in [-0.4, -0.2) is 81.0 Å². The van der Waals surface area contributed by atoms with E-state index in [0.717, 1.165) is 96.7 Å². The zero-order valence-corrected chi connectivity index (χ0v) is 41.5. The van der Waals surface area contributed by atoms with Gasteiger partial charge in [-0.3, -0.25) is 14.4 Å². The normalized spacial score (nSPS) is 12.1. The summed E-state index contributed by atoms with van der Waals surface area (Å²) in [5, 5.41) is 2.77. The molecule has 1 unspecified atom stereocenters. The number of nitrogens with zero attached hydrogens (tertiary/aromatic N) is 1. The molecule has 0 spiro atoms. The molecular weight excluding hydrogens is 793 g/mol. The van der Waals surface area contributed by atoms with Gasteiger partial charge in [-0.05, 0) is 90.1 Å². The van der Waals surface area contributed by atoms with Gasteiger partial charge < -0.3 is 29.2 Å². The van der Waals surface area contributed by atoms with Crippen LogP contribution >= 0.6 is 0 Å². The Hall–Kier alpha value is -2.88. The van der Waals surface area contributed by atoms with Crippen molar-refractivity contribution in [3.8, 4) is 0 Å². The van der Waals surface area contributed by atoms with E-state index in [4.69, 9.17) is 18.9 Å². The van der Waals surface area contributed by atoms with Gasteiger partial charge in [0.2, 0.25) is 0 Å². The molecule has 0 rings (SSSR count). The van der Waals surface area contributed by atoms with Crippen molar-refractivity contribution in [2.45, 2.75) is 240 Å². The van der Waals surface area contributed by atoms with E-state index in [9.17, 15) is 19.2 Å². The fourth-order valence-corrected chi connectivity index (χ4v) is 7.42. The molecule has 368 valence electrons. The van der Waals surface area contributed by atoms with Crippen molar-refractivity contribution in [3.63, 3.8) is 0 Å². The fourth-order valence-electron chi connectivity index (χ4n) is 7.42. The number of amides is 1. The third-order valence-electron chi connectivity index (χ3n) is 11.7. The van der Waals surface area contributed by atoms with E-state index in [1.165, 1.54) is 89.9 Å². The second-order valence-corrected chi connectivity index (χ2v) is 17.6. The first kappa shape index (κ1) is 60.1.